The number of hydrogen-bond acceptors (Lipinski definition) is 4. The lowest BCUT2D eigenvalue weighted by Gasteiger charge is -2.32. The Hall–Kier alpha value is -1.78. The first-order valence-corrected chi connectivity index (χ1v) is 9.15. The predicted molar refractivity (Wildman–Crippen MR) is 102 cm³/mol. The smallest absolute Gasteiger partial charge is 0.258 e. The molecule has 1 aromatic carbocycles. The van der Waals surface area contributed by atoms with Crippen molar-refractivity contribution in [2.24, 2.45) is 5.73 Å². The highest BCUT2D eigenvalue weighted by Gasteiger charge is 2.29. The van der Waals surface area contributed by atoms with Gasteiger partial charge in [0.05, 0.1) is 29.2 Å². The molecule has 3 rings (SSSR count). The third-order valence-electron chi connectivity index (χ3n) is 3.93. The lowest BCUT2D eigenvalue weighted by molar-refractivity contribution is 0.0535. The Balaban J connectivity index is 2.20. The number of halogens is 2. The van der Waals surface area contributed by atoms with Crippen molar-refractivity contribution in [2.45, 2.75) is 13.0 Å². The van der Waals surface area contributed by atoms with Gasteiger partial charge in [-0.2, -0.15) is 0 Å². The first-order valence-electron chi connectivity index (χ1n) is 7.58. The molecule has 0 aliphatic carbocycles. The molecule has 2 heterocycles. The summed E-state index contributed by atoms with van der Waals surface area (Å²) >= 11 is 13.5. The van der Waals surface area contributed by atoms with Crippen LogP contribution in [0.5, 0.6) is 0 Å². The second-order valence-electron chi connectivity index (χ2n) is 5.69. The number of anilines is 1. The number of carbonyl (C=O) groups excluding carboxylic acids is 1. The Morgan fingerprint density at radius 2 is 2.24 bits per heavy atom. The van der Waals surface area contributed by atoms with Crippen LogP contribution < -0.4 is 10.6 Å². The van der Waals surface area contributed by atoms with E-state index in [2.05, 4.69) is 9.74 Å². The maximum atomic E-state index is 12.0. The zero-order chi connectivity index (χ0) is 18.1. The molecule has 1 saturated heterocycles. The van der Waals surface area contributed by atoms with Gasteiger partial charge in [0.25, 0.3) is 5.91 Å². The van der Waals surface area contributed by atoms with Gasteiger partial charge in [-0.05, 0) is 24.6 Å². The molecule has 8 heteroatoms. The second-order valence-corrected chi connectivity index (χ2v) is 7.53. The van der Waals surface area contributed by atoms with Crippen LogP contribution in [0.1, 0.15) is 16.6 Å². The fourth-order valence-corrected chi connectivity index (χ4v) is 4.49. The molecule has 130 valence electrons. The van der Waals surface area contributed by atoms with E-state index in [1.54, 1.807) is 18.2 Å². The van der Waals surface area contributed by atoms with Crippen molar-refractivity contribution < 1.29 is 9.53 Å². The van der Waals surface area contributed by atoms with Gasteiger partial charge >= 0.3 is 0 Å². The van der Waals surface area contributed by atoms with Crippen molar-refractivity contribution in [2.75, 3.05) is 24.6 Å². The van der Waals surface area contributed by atoms with Crippen LogP contribution >= 0.6 is 34.5 Å². The van der Waals surface area contributed by atoms with Crippen LogP contribution in [-0.4, -0.2) is 31.7 Å². The number of morpholine rings is 1. The van der Waals surface area contributed by atoms with E-state index in [1.165, 1.54) is 11.3 Å². The van der Waals surface area contributed by atoms with Gasteiger partial charge < -0.3 is 15.4 Å². The number of amides is 1. The summed E-state index contributed by atoms with van der Waals surface area (Å²) in [5.74, 6) is -0.580. The molecule has 1 atom stereocenters. The van der Waals surface area contributed by atoms with Crippen LogP contribution in [0, 0.1) is 6.57 Å². The summed E-state index contributed by atoms with van der Waals surface area (Å²) in [6.45, 7) is 11.5. The van der Waals surface area contributed by atoms with E-state index in [0.29, 0.717) is 51.4 Å². The van der Waals surface area contributed by atoms with Crippen molar-refractivity contribution in [3.63, 3.8) is 0 Å². The molecule has 2 aromatic rings. The average Bonchev–Trinajstić information content (AvgIpc) is 2.94. The third kappa shape index (κ3) is 3.46. The van der Waals surface area contributed by atoms with Crippen molar-refractivity contribution in [3.8, 4) is 11.1 Å². The third-order valence-corrected chi connectivity index (χ3v) is 5.73. The summed E-state index contributed by atoms with van der Waals surface area (Å²) in [6, 6.07) is 4.97. The standard InChI is InChI=1S/C17H15Cl2N3O2S/c1-9-8-22(5-6-24-9)17-14(21-2)13(15(25-17)16(20)23)11-4-3-10(18)7-12(11)19/h3-4,7,9H,5-6,8H2,1H3,(H2,20,23). The lowest BCUT2D eigenvalue weighted by atomic mass is 10.0. The van der Waals surface area contributed by atoms with Crippen LogP contribution in [0.4, 0.5) is 10.7 Å². The number of benzene rings is 1. The summed E-state index contributed by atoms with van der Waals surface area (Å²) in [7, 11) is 0. The Bertz CT molecular complexity index is 876. The fourth-order valence-electron chi connectivity index (χ4n) is 2.85. The molecular weight excluding hydrogens is 381 g/mol. The van der Waals surface area contributed by atoms with Gasteiger partial charge in [-0.3, -0.25) is 4.79 Å². The number of nitrogens with zero attached hydrogens (tertiary/aromatic N) is 2. The number of carbonyl (C=O) groups is 1. The topological polar surface area (TPSA) is 59.9 Å². The SMILES string of the molecule is [C-]#[N+]c1c(N2CCOC(C)C2)sc(C(N)=O)c1-c1ccc(Cl)cc1Cl. The maximum Gasteiger partial charge on any atom is 0.258 e. The number of thiophene rings is 1. The molecule has 0 saturated carbocycles. The first kappa shape index (κ1) is 18.0. The van der Waals surface area contributed by atoms with Gasteiger partial charge in [0.1, 0.15) is 0 Å². The van der Waals surface area contributed by atoms with Crippen LogP contribution in [-0.2, 0) is 4.74 Å². The summed E-state index contributed by atoms with van der Waals surface area (Å²) in [4.78, 5) is 18.1. The molecule has 1 unspecified atom stereocenters. The molecule has 1 amide bonds. The van der Waals surface area contributed by atoms with Crippen LogP contribution in [0.3, 0.4) is 0 Å². The summed E-state index contributed by atoms with van der Waals surface area (Å²) < 4.78 is 5.56. The zero-order valence-corrected chi connectivity index (χ0v) is 15.7. The number of primary amides is 1. The van der Waals surface area contributed by atoms with E-state index in [4.69, 9.17) is 40.2 Å². The molecule has 25 heavy (non-hydrogen) atoms. The van der Waals surface area contributed by atoms with Crippen LogP contribution in [0.2, 0.25) is 10.0 Å². The van der Waals surface area contributed by atoms with E-state index in [9.17, 15) is 4.79 Å². The molecule has 0 bridgehead atoms. The summed E-state index contributed by atoms with van der Waals surface area (Å²) in [5, 5.41) is 1.58. The minimum absolute atomic E-state index is 0.0500. The van der Waals surface area contributed by atoms with Crippen LogP contribution in [0.25, 0.3) is 16.0 Å². The average molecular weight is 396 g/mol. The minimum Gasteiger partial charge on any atom is -0.375 e. The molecule has 1 aliphatic rings. The molecule has 1 fully saturated rings. The Kier molecular flexibility index (Phi) is 5.21. The van der Waals surface area contributed by atoms with Crippen LogP contribution in [0.15, 0.2) is 18.2 Å². The van der Waals surface area contributed by atoms with Gasteiger partial charge in [-0.15, -0.1) is 11.3 Å². The number of nitrogens with two attached hydrogens (primary N) is 1. The zero-order valence-electron chi connectivity index (χ0n) is 13.4. The Morgan fingerprint density at radius 3 is 2.84 bits per heavy atom. The van der Waals surface area contributed by atoms with Gasteiger partial charge in [0, 0.05) is 28.7 Å². The van der Waals surface area contributed by atoms with E-state index in [-0.39, 0.29) is 6.10 Å². The number of ether oxygens (including phenoxy) is 1. The maximum absolute atomic E-state index is 12.0. The number of rotatable bonds is 3. The molecular formula is C17H15Cl2N3O2S. The Labute approximate surface area is 159 Å². The van der Waals surface area contributed by atoms with E-state index in [1.807, 2.05) is 6.92 Å². The molecule has 1 aliphatic heterocycles. The van der Waals surface area contributed by atoms with Crippen molar-refractivity contribution >= 4 is 51.1 Å². The molecule has 5 nitrogen and oxygen atoms in total. The minimum atomic E-state index is -0.580. The van der Waals surface area contributed by atoms with E-state index in [0.717, 1.165) is 5.00 Å². The molecule has 0 spiro atoms. The van der Waals surface area contributed by atoms with E-state index >= 15 is 0 Å². The van der Waals surface area contributed by atoms with Gasteiger partial charge in [0.2, 0.25) is 5.69 Å². The molecule has 1 aromatic heterocycles. The lowest BCUT2D eigenvalue weighted by Crippen LogP contribution is -2.40. The predicted octanol–water partition coefficient (Wildman–Crippen LogP) is 4.60. The molecule has 2 N–H and O–H groups in total. The summed E-state index contributed by atoms with van der Waals surface area (Å²) in [6.07, 6.45) is 0.0500. The number of hydrogen-bond donors (Lipinski definition) is 1. The Morgan fingerprint density at radius 1 is 1.48 bits per heavy atom. The largest absolute Gasteiger partial charge is 0.375 e. The van der Waals surface area contributed by atoms with Crippen molar-refractivity contribution in [1.29, 1.82) is 0 Å². The molecule has 0 radical (unpaired) electrons. The van der Waals surface area contributed by atoms with Gasteiger partial charge in [-0.1, -0.05) is 29.3 Å². The quantitative estimate of drug-likeness (QED) is 0.772. The first-order chi connectivity index (χ1) is 11.9. The second kappa shape index (κ2) is 7.22. The monoisotopic (exact) mass is 395 g/mol. The van der Waals surface area contributed by atoms with Crippen molar-refractivity contribution in [1.82, 2.24) is 0 Å². The van der Waals surface area contributed by atoms with Gasteiger partial charge in [-0.25, -0.2) is 4.85 Å². The normalized spacial score (nSPS) is 17.4. The van der Waals surface area contributed by atoms with E-state index < -0.39 is 5.91 Å². The fraction of sp³-hybridized carbons (Fsp3) is 0.294. The van der Waals surface area contributed by atoms with Gasteiger partial charge in [0.15, 0.2) is 0 Å². The van der Waals surface area contributed by atoms with Crippen molar-refractivity contribution in [3.05, 3.63) is 44.5 Å². The highest BCUT2D eigenvalue weighted by Crippen LogP contribution is 2.50. The highest BCUT2D eigenvalue weighted by molar-refractivity contribution is 7.19. The highest BCUT2D eigenvalue weighted by atomic mass is 35.5. The summed E-state index contributed by atoms with van der Waals surface area (Å²) in [5.41, 5.74) is 7.02.